The lowest BCUT2D eigenvalue weighted by atomic mass is 10.2. The van der Waals surface area contributed by atoms with Gasteiger partial charge in [-0.2, -0.15) is 0 Å². The van der Waals surface area contributed by atoms with Crippen LogP contribution in [0.1, 0.15) is 13.8 Å². The summed E-state index contributed by atoms with van der Waals surface area (Å²) in [7, 11) is 0. The average molecular weight is 418 g/mol. The smallest absolute Gasteiger partial charge is 0.332 e. The summed E-state index contributed by atoms with van der Waals surface area (Å²) in [5.41, 5.74) is 0.674. The fraction of sp³-hybridized carbons (Fsp3) is 0.150. The van der Waals surface area contributed by atoms with E-state index in [1.807, 2.05) is 0 Å². The fourth-order valence-corrected chi connectivity index (χ4v) is 2.63. The molecule has 3 aromatic rings. The molecule has 0 amide bonds. The van der Waals surface area contributed by atoms with Crippen LogP contribution in [-0.4, -0.2) is 26.8 Å². The fourth-order valence-electron chi connectivity index (χ4n) is 2.28. The van der Waals surface area contributed by atoms with Gasteiger partial charge in [0.2, 0.25) is 0 Å². The summed E-state index contributed by atoms with van der Waals surface area (Å²) in [4.78, 5) is 15.8. The molecule has 0 saturated carbocycles. The predicted octanol–water partition coefficient (Wildman–Crippen LogP) is 5.47. The average Bonchev–Trinajstić information content (AvgIpc) is 3.10. The Morgan fingerprint density at radius 3 is 2.54 bits per heavy atom. The van der Waals surface area contributed by atoms with Crippen molar-refractivity contribution in [3.8, 4) is 22.9 Å². The molecule has 144 valence electrons. The monoisotopic (exact) mass is 417 g/mol. The molecule has 0 saturated heterocycles. The van der Waals surface area contributed by atoms with Crippen molar-refractivity contribution >= 4 is 35.4 Å². The maximum atomic E-state index is 11.6. The highest BCUT2D eigenvalue weighted by Gasteiger charge is 2.09. The van der Waals surface area contributed by atoms with E-state index in [0.717, 1.165) is 0 Å². The van der Waals surface area contributed by atoms with Gasteiger partial charge in [0.25, 0.3) is 0 Å². The number of hydrogen-bond donors (Lipinski definition) is 0. The lowest BCUT2D eigenvalue weighted by Gasteiger charge is -2.07. The molecule has 0 atom stereocenters. The Morgan fingerprint density at radius 1 is 1.07 bits per heavy atom. The number of carbonyl (C=O) groups excluding carboxylic acids is 1. The minimum absolute atomic E-state index is 0.186. The van der Waals surface area contributed by atoms with Gasteiger partial charge in [-0.1, -0.05) is 23.2 Å². The van der Waals surface area contributed by atoms with Gasteiger partial charge in [0.05, 0.1) is 6.10 Å². The van der Waals surface area contributed by atoms with Gasteiger partial charge in [-0.05, 0) is 56.3 Å². The molecule has 28 heavy (non-hydrogen) atoms. The zero-order chi connectivity index (χ0) is 20.1. The van der Waals surface area contributed by atoms with Gasteiger partial charge in [0.1, 0.15) is 17.8 Å². The van der Waals surface area contributed by atoms with Crippen molar-refractivity contribution in [3.05, 3.63) is 64.9 Å². The number of nitrogens with zero attached hydrogens (tertiary/aromatic N) is 3. The van der Waals surface area contributed by atoms with Gasteiger partial charge < -0.3 is 9.47 Å². The maximum Gasteiger partial charge on any atom is 0.332 e. The van der Waals surface area contributed by atoms with E-state index in [9.17, 15) is 4.79 Å². The summed E-state index contributed by atoms with van der Waals surface area (Å²) in [6, 6.07) is 12.2. The van der Waals surface area contributed by atoms with Gasteiger partial charge in [0, 0.05) is 27.9 Å². The highest BCUT2D eigenvalue weighted by molar-refractivity contribution is 6.31. The van der Waals surface area contributed by atoms with Crippen LogP contribution < -0.4 is 4.74 Å². The molecule has 0 radical (unpaired) electrons. The van der Waals surface area contributed by atoms with E-state index in [1.165, 1.54) is 23.3 Å². The Kier molecular flexibility index (Phi) is 6.34. The first kappa shape index (κ1) is 19.9. The molecule has 0 aliphatic carbocycles. The second kappa shape index (κ2) is 8.91. The van der Waals surface area contributed by atoms with E-state index in [-0.39, 0.29) is 6.10 Å². The predicted molar refractivity (Wildman–Crippen MR) is 109 cm³/mol. The minimum Gasteiger partial charge on any atom is -0.460 e. The number of aromatic nitrogens is 3. The second-order valence-corrected chi connectivity index (χ2v) is 6.95. The van der Waals surface area contributed by atoms with E-state index >= 15 is 0 Å². The summed E-state index contributed by atoms with van der Waals surface area (Å²) in [6.07, 6.45) is 4.05. The molecule has 0 fully saturated rings. The number of carbonyl (C=O) groups is 1. The molecule has 0 N–H and O–H groups in total. The first-order valence-electron chi connectivity index (χ1n) is 8.43. The number of ether oxygens (including phenoxy) is 2. The minimum atomic E-state index is -0.451. The Labute approximate surface area is 172 Å². The van der Waals surface area contributed by atoms with Crippen molar-refractivity contribution in [3.63, 3.8) is 0 Å². The van der Waals surface area contributed by atoms with Crippen LogP contribution in [0.2, 0.25) is 10.0 Å². The lowest BCUT2D eigenvalue weighted by Crippen LogP contribution is -2.08. The topological polar surface area (TPSA) is 66.2 Å². The van der Waals surface area contributed by atoms with E-state index in [4.69, 9.17) is 32.7 Å². The summed E-state index contributed by atoms with van der Waals surface area (Å²) < 4.78 is 12.3. The highest BCUT2D eigenvalue weighted by Crippen LogP contribution is 2.30. The van der Waals surface area contributed by atoms with Crippen LogP contribution in [0.25, 0.3) is 17.6 Å². The van der Waals surface area contributed by atoms with E-state index in [2.05, 4.69) is 10.1 Å². The van der Waals surface area contributed by atoms with E-state index in [1.54, 1.807) is 56.3 Å². The van der Waals surface area contributed by atoms with Crippen molar-refractivity contribution in [1.82, 2.24) is 14.8 Å². The SMILES string of the molecule is CC(C)OC(=O)/C=C/n1cnc(-c2cc(Cl)cc(Oc3ccc(Cl)cc3)c2)n1. The molecule has 0 aliphatic heterocycles. The summed E-state index contributed by atoms with van der Waals surface area (Å²) in [5.74, 6) is 1.15. The molecule has 0 aliphatic rings. The van der Waals surface area contributed by atoms with Crippen LogP contribution in [-0.2, 0) is 9.53 Å². The van der Waals surface area contributed by atoms with E-state index < -0.39 is 5.97 Å². The standard InChI is InChI=1S/C20H17Cl2N3O3/c1-13(2)27-19(26)7-8-25-12-23-20(24-25)14-9-16(22)11-18(10-14)28-17-5-3-15(21)4-6-17/h3-13H,1-2H3/b8-7+. The molecule has 1 heterocycles. The maximum absolute atomic E-state index is 11.6. The van der Waals surface area contributed by atoms with Crippen LogP contribution >= 0.6 is 23.2 Å². The molecule has 0 bridgehead atoms. The van der Waals surface area contributed by atoms with Gasteiger partial charge >= 0.3 is 5.97 Å². The normalized spacial score (nSPS) is 11.2. The molecule has 1 aromatic heterocycles. The molecule has 6 nitrogen and oxygen atoms in total. The second-order valence-electron chi connectivity index (χ2n) is 6.08. The molecule has 0 spiro atoms. The number of benzene rings is 2. The number of esters is 1. The van der Waals surface area contributed by atoms with Crippen LogP contribution in [0.15, 0.2) is 54.9 Å². The third-order valence-corrected chi connectivity index (χ3v) is 3.87. The lowest BCUT2D eigenvalue weighted by molar-refractivity contribution is -0.141. The number of halogens is 2. The van der Waals surface area contributed by atoms with Gasteiger partial charge in [-0.15, -0.1) is 5.10 Å². The highest BCUT2D eigenvalue weighted by atomic mass is 35.5. The molecule has 8 heteroatoms. The molecular weight excluding hydrogens is 401 g/mol. The molecular formula is C20H17Cl2N3O3. The van der Waals surface area contributed by atoms with E-state index in [0.29, 0.717) is 32.9 Å². The van der Waals surface area contributed by atoms with Crippen molar-refractivity contribution in [2.45, 2.75) is 20.0 Å². The van der Waals surface area contributed by atoms with Crippen LogP contribution in [0.5, 0.6) is 11.5 Å². The summed E-state index contributed by atoms with van der Waals surface area (Å²) in [5, 5.41) is 5.42. The van der Waals surface area contributed by atoms with Crippen molar-refractivity contribution in [2.75, 3.05) is 0 Å². The largest absolute Gasteiger partial charge is 0.460 e. The summed E-state index contributed by atoms with van der Waals surface area (Å²) >= 11 is 12.1. The molecule has 3 rings (SSSR count). The van der Waals surface area contributed by atoms with Crippen LogP contribution in [0, 0.1) is 0 Å². The zero-order valence-corrected chi connectivity index (χ0v) is 16.7. The number of rotatable bonds is 6. The first-order chi connectivity index (χ1) is 13.4. The van der Waals surface area contributed by atoms with Crippen molar-refractivity contribution in [2.24, 2.45) is 0 Å². The van der Waals surface area contributed by atoms with Gasteiger partial charge in [-0.3, -0.25) is 0 Å². The Bertz CT molecular complexity index is 998. The Balaban J connectivity index is 1.77. The third-order valence-electron chi connectivity index (χ3n) is 3.40. The van der Waals surface area contributed by atoms with Gasteiger partial charge in [-0.25, -0.2) is 14.5 Å². The van der Waals surface area contributed by atoms with Crippen molar-refractivity contribution < 1.29 is 14.3 Å². The van der Waals surface area contributed by atoms with Crippen LogP contribution in [0.3, 0.4) is 0 Å². The number of hydrogen-bond acceptors (Lipinski definition) is 5. The zero-order valence-electron chi connectivity index (χ0n) is 15.2. The van der Waals surface area contributed by atoms with Gasteiger partial charge in [0.15, 0.2) is 5.82 Å². The Morgan fingerprint density at radius 2 is 1.82 bits per heavy atom. The molecule has 2 aromatic carbocycles. The molecule has 0 unspecified atom stereocenters. The quantitative estimate of drug-likeness (QED) is 0.393. The first-order valence-corrected chi connectivity index (χ1v) is 9.19. The summed E-state index contributed by atoms with van der Waals surface area (Å²) in [6.45, 7) is 3.56. The third kappa shape index (κ3) is 5.58. The Hall–Kier alpha value is -2.83. The van der Waals surface area contributed by atoms with Crippen LogP contribution in [0.4, 0.5) is 0 Å². The van der Waals surface area contributed by atoms with Crippen molar-refractivity contribution in [1.29, 1.82) is 0 Å².